The first-order valence-corrected chi connectivity index (χ1v) is 10.0. The molecular formula is C20H28F2N6. The average molecular weight is 390 g/mol. The number of anilines is 2. The third-order valence-corrected chi connectivity index (χ3v) is 5.66. The summed E-state index contributed by atoms with van der Waals surface area (Å²) in [5.41, 5.74) is 1.24. The topological polar surface area (TPSA) is 67.7 Å². The Labute approximate surface area is 164 Å². The van der Waals surface area contributed by atoms with Gasteiger partial charge in [0.15, 0.2) is 0 Å². The normalized spacial score (nSPS) is 21.9. The van der Waals surface area contributed by atoms with Crippen molar-refractivity contribution in [2.45, 2.75) is 77.3 Å². The van der Waals surface area contributed by atoms with Gasteiger partial charge >= 0.3 is 0 Å². The van der Waals surface area contributed by atoms with Crippen LogP contribution in [0.5, 0.6) is 0 Å². The van der Waals surface area contributed by atoms with Crippen LogP contribution in [0.4, 0.5) is 20.4 Å². The van der Waals surface area contributed by atoms with Crippen LogP contribution in [0.1, 0.15) is 58.1 Å². The molecule has 2 aliphatic carbocycles. The molecule has 0 saturated heterocycles. The maximum absolute atomic E-state index is 13.4. The molecule has 0 amide bonds. The van der Waals surface area contributed by atoms with Crippen LogP contribution in [0.3, 0.4) is 0 Å². The van der Waals surface area contributed by atoms with E-state index in [2.05, 4.69) is 39.5 Å². The van der Waals surface area contributed by atoms with Crippen molar-refractivity contribution < 1.29 is 8.78 Å². The maximum Gasteiger partial charge on any atom is 0.254 e. The van der Waals surface area contributed by atoms with Gasteiger partial charge in [-0.05, 0) is 44.1 Å². The van der Waals surface area contributed by atoms with E-state index < -0.39 is 5.92 Å². The molecule has 0 aliphatic heterocycles. The summed E-state index contributed by atoms with van der Waals surface area (Å²) in [6.07, 6.45) is 4.72. The minimum Gasteiger partial charge on any atom is -0.367 e. The fourth-order valence-corrected chi connectivity index (χ4v) is 4.19. The van der Waals surface area contributed by atoms with E-state index in [1.165, 1.54) is 0 Å². The predicted octanol–water partition coefficient (Wildman–Crippen LogP) is 4.56. The van der Waals surface area contributed by atoms with E-state index in [4.69, 9.17) is 0 Å². The molecule has 2 aromatic heterocycles. The van der Waals surface area contributed by atoms with Crippen LogP contribution in [0, 0.1) is 12.3 Å². The summed E-state index contributed by atoms with van der Waals surface area (Å²) in [5.74, 6) is -0.678. The second-order valence-corrected chi connectivity index (χ2v) is 9.03. The van der Waals surface area contributed by atoms with Crippen molar-refractivity contribution in [3.8, 4) is 5.95 Å². The van der Waals surface area contributed by atoms with Crippen molar-refractivity contribution in [2.75, 3.05) is 10.6 Å². The summed E-state index contributed by atoms with van der Waals surface area (Å²) >= 11 is 0. The fourth-order valence-electron chi connectivity index (χ4n) is 4.19. The van der Waals surface area contributed by atoms with Crippen LogP contribution in [-0.4, -0.2) is 37.8 Å². The van der Waals surface area contributed by atoms with Gasteiger partial charge < -0.3 is 10.6 Å². The first kappa shape index (κ1) is 19.1. The summed E-state index contributed by atoms with van der Waals surface area (Å²) in [6.45, 7) is 6.43. The summed E-state index contributed by atoms with van der Waals surface area (Å²) in [4.78, 5) is 9.20. The number of aryl methyl sites for hydroxylation is 1. The van der Waals surface area contributed by atoms with Gasteiger partial charge in [0.25, 0.3) is 5.95 Å². The van der Waals surface area contributed by atoms with Gasteiger partial charge in [-0.15, -0.1) is 0 Å². The highest BCUT2D eigenvalue weighted by molar-refractivity contribution is 5.51. The summed E-state index contributed by atoms with van der Waals surface area (Å²) in [7, 11) is 0. The molecule has 0 radical (unpaired) electrons. The zero-order valence-corrected chi connectivity index (χ0v) is 16.7. The molecule has 0 bridgehead atoms. The molecule has 0 spiro atoms. The molecule has 0 atom stereocenters. The highest BCUT2D eigenvalue weighted by atomic mass is 19.3. The number of hydrogen-bond acceptors (Lipinski definition) is 5. The number of nitrogens with zero attached hydrogens (tertiary/aromatic N) is 4. The molecule has 6 nitrogen and oxygen atoms in total. The Balaban J connectivity index is 1.53. The minimum atomic E-state index is -2.54. The molecule has 2 heterocycles. The van der Waals surface area contributed by atoms with E-state index in [0.717, 1.165) is 24.4 Å². The van der Waals surface area contributed by atoms with Gasteiger partial charge in [-0.25, -0.2) is 13.5 Å². The molecule has 2 saturated carbocycles. The monoisotopic (exact) mass is 390 g/mol. The van der Waals surface area contributed by atoms with E-state index in [9.17, 15) is 8.78 Å². The lowest BCUT2D eigenvalue weighted by molar-refractivity contribution is -0.0361. The Bertz CT molecular complexity index is 829. The van der Waals surface area contributed by atoms with Crippen LogP contribution in [0.2, 0.25) is 0 Å². The third-order valence-electron chi connectivity index (χ3n) is 5.66. The summed E-state index contributed by atoms with van der Waals surface area (Å²) in [6, 6.07) is 4.15. The number of alkyl halides is 2. The van der Waals surface area contributed by atoms with Crippen molar-refractivity contribution in [1.29, 1.82) is 0 Å². The first-order chi connectivity index (χ1) is 13.2. The molecule has 2 aliphatic rings. The van der Waals surface area contributed by atoms with E-state index in [-0.39, 0.29) is 18.9 Å². The molecule has 152 valence electrons. The second kappa shape index (κ2) is 6.97. The SMILES string of the molecule is Cc1ccn(-c2nc(NC3CCC(F)(F)CC3)cc(NC3CC(C)(C)C3)n2)n1. The number of aromatic nitrogens is 4. The maximum atomic E-state index is 13.4. The second-order valence-electron chi connectivity index (χ2n) is 9.03. The number of nitrogens with one attached hydrogen (secondary N) is 2. The fraction of sp³-hybridized carbons (Fsp3) is 0.650. The van der Waals surface area contributed by atoms with Crippen LogP contribution in [0.25, 0.3) is 5.95 Å². The predicted molar refractivity (Wildman–Crippen MR) is 105 cm³/mol. The Hall–Kier alpha value is -2.25. The molecule has 28 heavy (non-hydrogen) atoms. The third kappa shape index (κ3) is 4.42. The van der Waals surface area contributed by atoms with Crippen LogP contribution >= 0.6 is 0 Å². The molecular weight excluding hydrogens is 362 g/mol. The van der Waals surface area contributed by atoms with Crippen LogP contribution < -0.4 is 10.6 Å². The number of rotatable bonds is 5. The van der Waals surface area contributed by atoms with Crippen molar-refractivity contribution in [3.05, 3.63) is 24.0 Å². The molecule has 0 unspecified atom stereocenters. The van der Waals surface area contributed by atoms with Gasteiger partial charge in [0.05, 0.1) is 5.69 Å². The van der Waals surface area contributed by atoms with Gasteiger partial charge in [-0.3, -0.25) is 0 Å². The van der Waals surface area contributed by atoms with Crippen molar-refractivity contribution in [3.63, 3.8) is 0 Å². The quantitative estimate of drug-likeness (QED) is 0.783. The van der Waals surface area contributed by atoms with E-state index >= 15 is 0 Å². The summed E-state index contributed by atoms with van der Waals surface area (Å²) < 4.78 is 28.5. The smallest absolute Gasteiger partial charge is 0.254 e. The Kier molecular flexibility index (Phi) is 4.75. The summed E-state index contributed by atoms with van der Waals surface area (Å²) in [5, 5.41) is 11.2. The van der Waals surface area contributed by atoms with Crippen molar-refractivity contribution in [2.24, 2.45) is 5.41 Å². The first-order valence-electron chi connectivity index (χ1n) is 10.0. The molecule has 0 aromatic carbocycles. The Morgan fingerprint density at radius 1 is 1.04 bits per heavy atom. The van der Waals surface area contributed by atoms with Gasteiger partial charge in [0.1, 0.15) is 11.6 Å². The lowest BCUT2D eigenvalue weighted by atomic mass is 9.68. The lowest BCUT2D eigenvalue weighted by Crippen LogP contribution is -2.41. The van der Waals surface area contributed by atoms with Gasteiger partial charge in [-0.2, -0.15) is 15.1 Å². The standard InChI is InChI=1S/C20H28F2N6/c1-13-6-9-28(27-13)18-25-16(23-14-4-7-20(21,22)8-5-14)10-17(26-18)24-15-11-19(2,3)12-15/h6,9-10,14-15H,4-5,7-8,11-12H2,1-3H3,(H2,23,24,25,26). The highest BCUT2D eigenvalue weighted by Crippen LogP contribution is 2.41. The Morgan fingerprint density at radius 2 is 1.64 bits per heavy atom. The van der Waals surface area contributed by atoms with Crippen molar-refractivity contribution in [1.82, 2.24) is 19.7 Å². The Morgan fingerprint density at radius 3 is 2.18 bits per heavy atom. The average Bonchev–Trinajstić information content (AvgIpc) is 3.02. The van der Waals surface area contributed by atoms with Gasteiger partial charge in [0.2, 0.25) is 5.92 Å². The minimum absolute atomic E-state index is 0.00258. The van der Waals surface area contributed by atoms with E-state index in [0.29, 0.717) is 36.1 Å². The molecule has 4 rings (SSSR count). The molecule has 2 N–H and O–H groups in total. The lowest BCUT2D eigenvalue weighted by Gasteiger charge is -2.43. The van der Waals surface area contributed by atoms with Crippen LogP contribution in [0.15, 0.2) is 18.3 Å². The zero-order valence-electron chi connectivity index (χ0n) is 16.7. The molecule has 2 aromatic rings. The van der Waals surface area contributed by atoms with Gasteiger partial charge in [0, 0.05) is 37.2 Å². The highest BCUT2D eigenvalue weighted by Gasteiger charge is 2.37. The molecule has 8 heteroatoms. The van der Waals surface area contributed by atoms with E-state index in [1.807, 2.05) is 25.3 Å². The number of halogens is 2. The van der Waals surface area contributed by atoms with E-state index in [1.54, 1.807) is 4.68 Å². The molecule has 2 fully saturated rings. The van der Waals surface area contributed by atoms with Crippen LogP contribution in [-0.2, 0) is 0 Å². The van der Waals surface area contributed by atoms with Crippen molar-refractivity contribution >= 4 is 11.6 Å². The number of hydrogen-bond donors (Lipinski definition) is 2. The zero-order chi connectivity index (χ0) is 19.9. The largest absolute Gasteiger partial charge is 0.367 e. The van der Waals surface area contributed by atoms with Gasteiger partial charge in [-0.1, -0.05) is 13.8 Å².